The van der Waals surface area contributed by atoms with Gasteiger partial charge in [0.05, 0.1) is 17.6 Å². The number of nitriles is 1. The van der Waals surface area contributed by atoms with Gasteiger partial charge >= 0.3 is 0 Å². The Morgan fingerprint density at radius 1 is 1.35 bits per heavy atom. The molecule has 0 bridgehead atoms. The highest BCUT2D eigenvalue weighted by molar-refractivity contribution is 7.89. The number of benzene rings is 1. The zero-order valence-corrected chi connectivity index (χ0v) is 12.1. The van der Waals surface area contributed by atoms with Crippen LogP contribution in [0, 0.1) is 17.2 Å². The zero-order chi connectivity index (χ0) is 14.4. The van der Waals surface area contributed by atoms with Crippen molar-refractivity contribution < 1.29 is 13.2 Å². The molecule has 1 aromatic rings. The van der Waals surface area contributed by atoms with Gasteiger partial charge in [0.25, 0.3) is 0 Å². The number of hydrogen-bond donors (Lipinski definition) is 0. The zero-order valence-electron chi connectivity index (χ0n) is 11.2. The number of hydrogen-bond acceptors (Lipinski definition) is 4. The van der Waals surface area contributed by atoms with E-state index in [1.165, 1.54) is 4.31 Å². The summed E-state index contributed by atoms with van der Waals surface area (Å²) in [5.41, 5.74) is 0. The van der Waals surface area contributed by atoms with Gasteiger partial charge in [-0.25, -0.2) is 8.42 Å². The van der Waals surface area contributed by atoms with Crippen LogP contribution in [0.25, 0.3) is 0 Å². The lowest BCUT2D eigenvalue weighted by atomic mass is 10.1. The van der Waals surface area contributed by atoms with Gasteiger partial charge in [0.2, 0.25) is 10.0 Å². The number of nitrogens with zero attached hydrogens (tertiary/aromatic N) is 2. The molecule has 0 N–H and O–H groups in total. The third-order valence-electron chi connectivity index (χ3n) is 3.34. The molecule has 0 radical (unpaired) electrons. The van der Waals surface area contributed by atoms with Crippen LogP contribution in [0.1, 0.15) is 12.8 Å². The molecule has 1 atom stereocenters. The van der Waals surface area contributed by atoms with Gasteiger partial charge in [0.15, 0.2) is 0 Å². The minimum atomic E-state index is -3.53. The van der Waals surface area contributed by atoms with Crippen LogP contribution in [-0.2, 0) is 14.8 Å². The van der Waals surface area contributed by atoms with Gasteiger partial charge in [-0.15, -0.1) is 0 Å². The second-order valence-electron chi connectivity index (χ2n) is 4.81. The van der Waals surface area contributed by atoms with Gasteiger partial charge in [-0.2, -0.15) is 9.57 Å². The Hall–Kier alpha value is -1.42. The van der Waals surface area contributed by atoms with Crippen LogP contribution in [0.5, 0.6) is 0 Å². The molecule has 1 fully saturated rings. The van der Waals surface area contributed by atoms with Gasteiger partial charge < -0.3 is 4.74 Å². The van der Waals surface area contributed by atoms with Crippen molar-refractivity contribution in [3.8, 4) is 6.07 Å². The summed E-state index contributed by atoms with van der Waals surface area (Å²) >= 11 is 0. The standard InChI is InChI=1S/C14H18N2O3S/c15-8-4-9-16(11-13-7-10-19-12-13)20(17,18)14-5-2-1-3-6-14/h1-3,5-6,13H,4,7,9-12H2. The summed E-state index contributed by atoms with van der Waals surface area (Å²) in [5, 5.41) is 8.72. The fourth-order valence-corrected chi connectivity index (χ4v) is 3.78. The van der Waals surface area contributed by atoms with Crippen LogP contribution in [0.15, 0.2) is 35.2 Å². The maximum atomic E-state index is 12.6. The van der Waals surface area contributed by atoms with Gasteiger partial charge in [0.1, 0.15) is 0 Å². The van der Waals surface area contributed by atoms with Crippen LogP contribution in [-0.4, -0.2) is 39.0 Å². The molecule has 6 heteroatoms. The molecule has 108 valence electrons. The third-order valence-corrected chi connectivity index (χ3v) is 5.22. The average molecular weight is 294 g/mol. The summed E-state index contributed by atoms with van der Waals surface area (Å²) in [5.74, 6) is 0.215. The van der Waals surface area contributed by atoms with Crippen LogP contribution in [0.2, 0.25) is 0 Å². The van der Waals surface area contributed by atoms with E-state index in [2.05, 4.69) is 0 Å². The lowest BCUT2D eigenvalue weighted by Gasteiger charge is -2.23. The van der Waals surface area contributed by atoms with Crippen molar-refractivity contribution in [1.29, 1.82) is 5.26 Å². The normalized spacial score (nSPS) is 19.1. The van der Waals surface area contributed by atoms with Crippen molar-refractivity contribution in [3.63, 3.8) is 0 Å². The summed E-state index contributed by atoms with van der Waals surface area (Å²) in [7, 11) is -3.53. The molecule has 0 spiro atoms. The highest BCUT2D eigenvalue weighted by Crippen LogP contribution is 2.20. The molecule has 0 aromatic heterocycles. The lowest BCUT2D eigenvalue weighted by molar-refractivity contribution is 0.180. The molecule has 2 rings (SSSR count). The van der Waals surface area contributed by atoms with E-state index in [1.807, 2.05) is 6.07 Å². The Morgan fingerprint density at radius 2 is 2.10 bits per heavy atom. The highest BCUT2D eigenvalue weighted by Gasteiger charge is 2.28. The molecule has 1 heterocycles. The fraction of sp³-hybridized carbons (Fsp3) is 0.500. The molecule has 0 saturated carbocycles. The van der Waals surface area contributed by atoms with E-state index < -0.39 is 10.0 Å². The lowest BCUT2D eigenvalue weighted by Crippen LogP contribution is -2.36. The van der Waals surface area contributed by atoms with Crippen molar-refractivity contribution >= 4 is 10.0 Å². The van der Waals surface area contributed by atoms with Crippen LogP contribution in [0.4, 0.5) is 0 Å². The topological polar surface area (TPSA) is 70.4 Å². The smallest absolute Gasteiger partial charge is 0.243 e. The van der Waals surface area contributed by atoms with Crippen molar-refractivity contribution in [2.24, 2.45) is 5.92 Å². The van der Waals surface area contributed by atoms with E-state index >= 15 is 0 Å². The molecular formula is C14H18N2O3S. The fourth-order valence-electron chi connectivity index (χ4n) is 2.24. The maximum Gasteiger partial charge on any atom is 0.243 e. The van der Waals surface area contributed by atoms with E-state index in [9.17, 15) is 8.42 Å². The first-order valence-corrected chi connectivity index (χ1v) is 8.08. The average Bonchev–Trinajstić information content (AvgIpc) is 2.97. The minimum absolute atomic E-state index is 0.194. The SMILES string of the molecule is N#CCCN(CC1CCOC1)S(=O)(=O)c1ccccc1. The van der Waals surface area contributed by atoms with Crippen molar-refractivity contribution in [2.75, 3.05) is 26.3 Å². The monoisotopic (exact) mass is 294 g/mol. The number of sulfonamides is 1. The van der Waals surface area contributed by atoms with Gasteiger partial charge in [-0.05, 0) is 24.5 Å². The molecule has 5 nitrogen and oxygen atoms in total. The Bertz CT molecular complexity index is 560. The molecule has 1 saturated heterocycles. The van der Waals surface area contributed by atoms with Crippen molar-refractivity contribution in [3.05, 3.63) is 30.3 Å². The molecule has 0 amide bonds. The van der Waals surface area contributed by atoms with E-state index in [0.717, 1.165) is 6.42 Å². The first-order chi connectivity index (χ1) is 9.64. The first kappa shape index (κ1) is 15.0. The van der Waals surface area contributed by atoms with Crippen molar-refractivity contribution in [2.45, 2.75) is 17.7 Å². The molecule has 1 aliphatic rings. The summed E-state index contributed by atoms with van der Waals surface area (Å²) in [6, 6.07) is 10.4. The van der Waals surface area contributed by atoms with E-state index in [4.69, 9.17) is 10.00 Å². The van der Waals surface area contributed by atoms with Gasteiger partial charge in [-0.3, -0.25) is 0 Å². The molecule has 0 aliphatic carbocycles. The number of ether oxygens (including phenoxy) is 1. The van der Waals surface area contributed by atoms with E-state index in [1.54, 1.807) is 30.3 Å². The van der Waals surface area contributed by atoms with Gasteiger partial charge in [-0.1, -0.05) is 18.2 Å². The summed E-state index contributed by atoms with van der Waals surface area (Å²) in [6.45, 7) is 1.92. The molecule has 1 aromatic carbocycles. The Morgan fingerprint density at radius 3 is 2.70 bits per heavy atom. The van der Waals surface area contributed by atoms with Crippen LogP contribution < -0.4 is 0 Å². The summed E-state index contributed by atoms with van der Waals surface area (Å²) < 4.78 is 31.9. The summed E-state index contributed by atoms with van der Waals surface area (Å²) in [4.78, 5) is 0.275. The molecular weight excluding hydrogens is 276 g/mol. The first-order valence-electron chi connectivity index (χ1n) is 6.64. The van der Waals surface area contributed by atoms with Gasteiger partial charge in [0, 0.05) is 26.1 Å². The Balaban J connectivity index is 2.18. The molecule has 1 unspecified atom stereocenters. The molecule has 20 heavy (non-hydrogen) atoms. The predicted molar refractivity (Wildman–Crippen MR) is 74.4 cm³/mol. The van der Waals surface area contributed by atoms with Crippen molar-refractivity contribution in [1.82, 2.24) is 4.31 Å². The maximum absolute atomic E-state index is 12.6. The summed E-state index contributed by atoms with van der Waals surface area (Å²) in [6.07, 6.45) is 1.06. The quantitative estimate of drug-likeness (QED) is 0.799. The second kappa shape index (κ2) is 6.84. The highest BCUT2D eigenvalue weighted by atomic mass is 32.2. The number of rotatable bonds is 6. The Kier molecular flexibility index (Phi) is 5.12. The minimum Gasteiger partial charge on any atom is -0.381 e. The van der Waals surface area contributed by atoms with E-state index in [-0.39, 0.29) is 23.8 Å². The second-order valence-corrected chi connectivity index (χ2v) is 6.75. The molecule has 1 aliphatic heterocycles. The van der Waals surface area contributed by atoms with E-state index in [0.29, 0.717) is 19.8 Å². The Labute approximate surface area is 119 Å². The van der Waals surface area contributed by atoms with Crippen LogP contribution >= 0.6 is 0 Å². The largest absolute Gasteiger partial charge is 0.381 e. The van der Waals surface area contributed by atoms with Crippen LogP contribution in [0.3, 0.4) is 0 Å². The third kappa shape index (κ3) is 3.57. The predicted octanol–water partition coefficient (Wildman–Crippen LogP) is 1.63.